The molecule has 6 heteroatoms. The predicted molar refractivity (Wildman–Crippen MR) is 102 cm³/mol. The van der Waals surface area contributed by atoms with Gasteiger partial charge in [0.1, 0.15) is 5.75 Å². The summed E-state index contributed by atoms with van der Waals surface area (Å²) in [6, 6.07) is 11.8. The quantitative estimate of drug-likeness (QED) is 0.566. The molecule has 1 N–H and O–H groups in total. The Morgan fingerprint density at radius 1 is 1.00 bits per heavy atom. The second-order valence-corrected chi connectivity index (χ2v) is 5.97. The van der Waals surface area contributed by atoms with Crippen LogP contribution in [0.15, 0.2) is 42.5 Å². The van der Waals surface area contributed by atoms with Gasteiger partial charge in [0.15, 0.2) is 5.78 Å². The van der Waals surface area contributed by atoms with Crippen LogP contribution in [-0.4, -0.2) is 31.4 Å². The Labute approximate surface area is 158 Å². The van der Waals surface area contributed by atoms with Crippen molar-refractivity contribution < 1.29 is 23.9 Å². The highest BCUT2D eigenvalue weighted by molar-refractivity contribution is 6.02. The molecule has 2 rings (SSSR count). The van der Waals surface area contributed by atoms with Crippen molar-refractivity contribution in [1.29, 1.82) is 0 Å². The average Bonchev–Trinajstić information content (AvgIpc) is 2.66. The second kappa shape index (κ2) is 9.52. The summed E-state index contributed by atoms with van der Waals surface area (Å²) in [4.78, 5) is 36.1. The van der Waals surface area contributed by atoms with E-state index in [0.717, 1.165) is 5.56 Å². The first-order valence-corrected chi connectivity index (χ1v) is 8.69. The van der Waals surface area contributed by atoms with E-state index in [-0.39, 0.29) is 24.5 Å². The molecule has 0 aliphatic rings. The minimum Gasteiger partial charge on any atom is -0.496 e. The zero-order valence-corrected chi connectivity index (χ0v) is 15.7. The molecule has 0 saturated heterocycles. The molecule has 0 saturated carbocycles. The summed E-state index contributed by atoms with van der Waals surface area (Å²) in [5.74, 6) is -0.337. The maximum Gasteiger partial charge on any atom is 0.338 e. The molecule has 27 heavy (non-hydrogen) atoms. The van der Waals surface area contributed by atoms with Crippen molar-refractivity contribution in [3.05, 3.63) is 59.2 Å². The van der Waals surface area contributed by atoms with E-state index in [1.807, 2.05) is 13.0 Å². The third kappa shape index (κ3) is 5.67. The summed E-state index contributed by atoms with van der Waals surface area (Å²) in [7, 11) is 1.51. The number of Topliss-reactive ketones (excluding diaryl/α,β-unsaturated/α-hetero) is 1. The molecule has 0 unspecified atom stereocenters. The lowest BCUT2D eigenvalue weighted by Gasteiger charge is -2.09. The van der Waals surface area contributed by atoms with E-state index in [1.165, 1.54) is 7.11 Å². The van der Waals surface area contributed by atoms with E-state index >= 15 is 0 Å². The fourth-order valence-corrected chi connectivity index (χ4v) is 2.53. The maximum absolute atomic E-state index is 12.4. The third-order valence-corrected chi connectivity index (χ3v) is 3.91. The van der Waals surface area contributed by atoms with Gasteiger partial charge in [-0.15, -0.1) is 0 Å². The van der Waals surface area contributed by atoms with Crippen molar-refractivity contribution >= 4 is 23.3 Å². The Morgan fingerprint density at radius 2 is 1.70 bits per heavy atom. The number of carbonyl (C=O) groups is 3. The van der Waals surface area contributed by atoms with Crippen LogP contribution in [0.4, 0.5) is 5.69 Å². The van der Waals surface area contributed by atoms with Gasteiger partial charge < -0.3 is 14.8 Å². The summed E-state index contributed by atoms with van der Waals surface area (Å²) in [6.45, 7) is 3.93. The van der Waals surface area contributed by atoms with E-state index in [9.17, 15) is 14.4 Å². The average molecular weight is 369 g/mol. The summed E-state index contributed by atoms with van der Waals surface area (Å²) in [5, 5.41) is 2.71. The number of esters is 1. The van der Waals surface area contributed by atoms with Crippen molar-refractivity contribution in [2.24, 2.45) is 0 Å². The first-order valence-electron chi connectivity index (χ1n) is 8.69. The van der Waals surface area contributed by atoms with Crippen LogP contribution in [0.25, 0.3) is 0 Å². The fraction of sp³-hybridized carbons (Fsp3) is 0.286. The van der Waals surface area contributed by atoms with Crippen LogP contribution in [0.3, 0.4) is 0 Å². The SMILES string of the molecule is CCOC(=O)c1ccc(NC(=O)CCC(=O)c2cc(C)ccc2OC)cc1. The number of ether oxygens (including phenoxy) is 2. The number of amides is 1. The van der Waals surface area contributed by atoms with Crippen molar-refractivity contribution in [3.8, 4) is 5.75 Å². The molecule has 142 valence electrons. The number of benzene rings is 2. The van der Waals surface area contributed by atoms with E-state index in [4.69, 9.17) is 9.47 Å². The Morgan fingerprint density at radius 3 is 2.33 bits per heavy atom. The minimum absolute atomic E-state index is 0.0511. The lowest BCUT2D eigenvalue weighted by molar-refractivity contribution is -0.116. The van der Waals surface area contributed by atoms with Gasteiger partial charge in [0.05, 0.1) is 24.8 Å². The Bertz CT molecular complexity index is 827. The van der Waals surface area contributed by atoms with Gasteiger partial charge in [-0.1, -0.05) is 11.6 Å². The number of hydrogen-bond acceptors (Lipinski definition) is 5. The monoisotopic (exact) mass is 369 g/mol. The number of aryl methyl sites for hydroxylation is 1. The highest BCUT2D eigenvalue weighted by atomic mass is 16.5. The van der Waals surface area contributed by atoms with Crippen LogP contribution in [0.5, 0.6) is 5.75 Å². The number of anilines is 1. The highest BCUT2D eigenvalue weighted by Crippen LogP contribution is 2.22. The Hall–Kier alpha value is -3.15. The van der Waals surface area contributed by atoms with Gasteiger partial charge in [0.25, 0.3) is 0 Å². The molecule has 1 amide bonds. The summed E-state index contributed by atoms with van der Waals surface area (Å²) in [6.07, 6.45) is 0.127. The summed E-state index contributed by atoms with van der Waals surface area (Å²) < 4.78 is 10.1. The molecule has 0 spiro atoms. The third-order valence-electron chi connectivity index (χ3n) is 3.91. The smallest absolute Gasteiger partial charge is 0.338 e. The van der Waals surface area contributed by atoms with Gasteiger partial charge in [-0.05, 0) is 50.2 Å². The van der Waals surface area contributed by atoms with Gasteiger partial charge in [-0.2, -0.15) is 0 Å². The Balaban J connectivity index is 1.92. The number of hydrogen-bond donors (Lipinski definition) is 1. The molecule has 2 aromatic carbocycles. The van der Waals surface area contributed by atoms with Crippen molar-refractivity contribution in [3.63, 3.8) is 0 Å². The molecule has 0 radical (unpaired) electrons. The van der Waals surface area contributed by atoms with E-state index in [0.29, 0.717) is 29.2 Å². The van der Waals surface area contributed by atoms with Crippen molar-refractivity contribution in [1.82, 2.24) is 0 Å². The molecule has 0 bridgehead atoms. The van der Waals surface area contributed by atoms with E-state index in [2.05, 4.69) is 5.32 Å². The van der Waals surface area contributed by atoms with Crippen molar-refractivity contribution in [2.45, 2.75) is 26.7 Å². The van der Waals surface area contributed by atoms with Crippen LogP contribution < -0.4 is 10.1 Å². The van der Waals surface area contributed by atoms with Gasteiger partial charge >= 0.3 is 5.97 Å². The standard InChI is InChI=1S/C21H23NO5/c1-4-27-21(25)15-6-8-16(9-7-15)22-20(24)12-10-18(23)17-13-14(2)5-11-19(17)26-3/h5-9,11,13H,4,10,12H2,1-3H3,(H,22,24). The number of rotatable bonds is 8. The predicted octanol–water partition coefficient (Wildman–Crippen LogP) is 3.78. The molecule has 0 aliphatic heterocycles. The van der Waals surface area contributed by atoms with E-state index in [1.54, 1.807) is 43.3 Å². The zero-order valence-electron chi connectivity index (χ0n) is 15.7. The molecule has 0 heterocycles. The van der Waals surface area contributed by atoms with E-state index < -0.39 is 5.97 Å². The molecular formula is C21H23NO5. The number of nitrogens with one attached hydrogen (secondary N) is 1. The molecule has 2 aromatic rings. The lowest BCUT2D eigenvalue weighted by Crippen LogP contribution is -2.14. The van der Waals surface area contributed by atoms with Gasteiger partial charge in [-0.3, -0.25) is 9.59 Å². The molecular weight excluding hydrogens is 346 g/mol. The van der Waals surface area contributed by atoms with Crippen LogP contribution in [-0.2, 0) is 9.53 Å². The maximum atomic E-state index is 12.4. The second-order valence-electron chi connectivity index (χ2n) is 5.97. The molecule has 0 aromatic heterocycles. The van der Waals surface area contributed by atoms with Crippen LogP contribution in [0.2, 0.25) is 0 Å². The first-order chi connectivity index (χ1) is 12.9. The first kappa shape index (κ1) is 20.2. The molecule has 0 aliphatic carbocycles. The zero-order chi connectivity index (χ0) is 19.8. The largest absolute Gasteiger partial charge is 0.496 e. The molecule has 0 fully saturated rings. The topological polar surface area (TPSA) is 81.7 Å². The molecule has 6 nitrogen and oxygen atoms in total. The Kier molecular flexibility index (Phi) is 7.11. The van der Waals surface area contributed by atoms with Gasteiger partial charge in [-0.25, -0.2) is 4.79 Å². The van der Waals surface area contributed by atoms with Gasteiger partial charge in [0, 0.05) is 18.5 Å². The normalized spacial score (nSPS) is 10.2. The number of ketones is 1. The van der Waals surface area contributed by atoms with Crippen molar-refractivity contribution in [2.75, 3.05) is 19.0 Å². The minimum atomic E-state index is -0.409. The van der Waals surface area contributed by atoms with Crippen LogP contribution in [0, 0.1) is 6.92 Å². The summed E-state index contributed by atoms with van der Waals surface area (Å²) >= 11 is 0. The van der Waals surface area contributed by atoms with Crippen LogP contribution >= 0.6 is 0 Å². The van der Waals surface area contributed by atoms with Gasteiger partial charge in [0.2, 0.25) is 5.91 Å². The lowest BCUT2D eigenvalue weighted by atomic mass is 10.0. The van der Waals surface area contributed by atoms with Crippen LogP contribution in [0.1, 0.15) is 46.0 Å². The highest BCUT2D eigenvalue weighted by Gasteiger charge is 2.14. The number of carbonyl (C=O) groups excluding carboxylic acids is 3. The molecule has 0 atom stereocenters. The number of methoxy groups -OCH3 is 1. The fourth-order valence-electron chi connectivity index (χ4n) is 2.53. The summed E-state index contributed by atoms with van der Waals surface area (Å²) in [5.41, 5.74) is 2.39.